The van der Waals surface area contributed by atoms with Crippen LogP contribution < -0.4 is 0 Å². The minimum absolute atomic E-state index is 0.201. The molecule has 2 aliphatic rings. The fourth-order valence-electron chi connectivity index (χ4n) is 5.04. The van der Waals surface area contributed by atoms with E-state index in [2.05, 4.69) is 55.4 Å². The highest BCUT2D eigenvalue weighted by atomic mass is 79.9. The lowest BCUT2D eigenvalue weighted by molar-refractivity contribution is -0.146. The van der Waals surface area contributed by atoms with Crippen LogP contribution >= 0.6 is 39.5 Å². The van der Waals surface area contributed by atoms with Gasteiger partial charge in [-0.1, -0.05) is 36.7 Å². The highest BCUT2D eigenvalue weighted by Crippen LogP contribution is 2.30. The first-order valence-electron chi connectivity index (χ1n) is 18.6. The third-order valence-corrected chi connectivity index (χ3v) is 10.7. The van der Waals surface area contributed by atoms with Crippen molar-refractivity contribution in [2.75, 3.05) is 43.3 Å². The number of nitriles is 2. The number of hydrogen-bond donors (Lipinski definition) is 1. The molecule has 54 heavy (non-hydrogen) atoms. The summed E-state index contributed by atoms with van der Waals surface area (Å²) in [4.78, 5) is 52.0. The first kappa shape index (κ1) is 53.7. The average Bonchev–Trinajstić information content (AvgIpc) is 3.74. The predicted molar refractivity (Wildman–Crippen MR) is 221 cm³/mol. The zero-order valence-corrected chi connectivity index (χ0v) is 38.2. The van der Waals surface area contributed by atoms with Crippen molar-refractivity contribution in [3.05, 3.63) is 0 Å². The first-order chi connectivity index (χ1) is 24.9. The Balaban J connectivity index is 0. The summed E-state index contributed by atoms with van der Waals surface area (Å²) < 4.78 is 15.5. The van der Waals surface area contributed by atoms with Gasteiger partial charge in [0.1, 0.15) is 17.3 Å². The molecule has 0 bridgehead atoms. The molecule has 0 aromatic heterocycles. The molecule has 0 aromatic carbocycles. The fraction of sp³-hybridized carbons (Fsp3) is 0.842. The van der Waals surface area contributed by atoms with Crippen LogP contribution in [0.3, 0.4) is 0 Å². The lowest BCUT2D eigenvalue weighted by Crippen LogP contribution is -2.36. The number of carboxylic acids is 1. The van der Waals surface area contributed by atoms with Crippen LogP contribution in [0.2, 0.25) is 0 Å². The van der Waals surface area contributed by atoms with Gasteiger partial charge in [0.25, 0.3) is 0 Å². The van der Waals surface area contributed by atoms with Gasteiger partial charge in [0.2, 0.25) is 0 Å². The highest BCUT2D eigenvalue weighted by Gasteiger charge is 2.32. The molecule has 0 unspecified atom stereocenters. The van der Waals surface area contributed by atoms with Crippen molar-refractivity contribution in [2.24, 2.45) is 11.8 Å². The van der Waals surface area contributed by atoms with E-state index in [0.717, 1.165) is 19.4 Å². The summed E-state index contributed by atoms with van der Waals surface area (Å²) in [6.07, 6.45) is 2.40. The van der Waals surface area contributed by atoms with Crippen molar-refractivity contribution in [3.63, 3.8) is 0 Å². The van der Waals surface area contributed by atoms with Gasteiger partial charge in [0, 0.05) is 35.7 Å². The van der Waals surface area contributed by atoms with Crippen LogP contribution in [0.15, 0.2) is 0 Å². The number of carbonyl (C=O) groups excluding carboxylic acids is 3. The van der Waals surface area contributed by atoms with Gasteiger partial charge in [0.05, 0.1) is 35.0 Å². The number of aliphatic carboxylic acids is 1. The topological polar surface area (TPSA) is 174 Å². The molecule has 0 aliphatic carbocycles. The maximum Gasteiger partial charge on any atom is 0.411 e. The van der Waals surface area contributed by atoms with Crippen molar-refractivity contribution < 1.29 is 38.5 Å². The van der Waals surface area contributed by atoms with Crippen molar-refractivity contribution in [3.8, 4) is 12.1 Å². The largest absolute Gasteiger partial charge is 0.481 e. The van der Waals surface area contributed by atoms with Crippen LogP contribution in [0.5, 0.6) is 0 Å². The Kier molecular flexibility index (Phi) is 27.9. The monoisotopic (exact) mass is 865 g/mol. The number of nitrogens with zero attached hydrogens (tertiary/aromatic N) is 5. The lowest BCUT2D eigenvalue weighted by atomic mass is 10.0. The Morgan fingerprint density at radius 1 is 0.796 bits per heavy atom. The lowest BCUT2D eigenvalue weighted by Gasteiger charge is -2.28. The Morgan fingerprint density at radius 3 is 1.46 bits per heavy atom. The summed E-state index contributed by atoms with van der Waals surface area (Å²) in [5.74, 6) is -0.408. The molecule has 2 heterocycles. The minimum atomic E-state index is -0.757. The van der Waals surface area contributed by atoms with Crippen LogP contribution in [-0.4, -0.2) is 121 Å². The third kappa shape index (κ3) is 26.4. The van der Waals surface area contributed by atoms with Gasteiger partial charge in [-0.15, -0.1) is 23.5 Å². The van der Waals surface area contributed by atoms with E-state index >= 15 is 0 Å². The van der Waals surface area contributed by atoms with E-state index in [4.69, 9.17) is 29.8 Å². The normalized spacial score (nSPS) is 17.8. The highest BCUT2D eigenvalue weighted by molar-refractivity contribution is 9.09. The molecule has 2 saturated heterocycles. The van der Waals surface area contributed by atoms with Gasteiger partial charge in [-0.25, -0.2) is 9.59 Å². The molecule has 2 amide bonds. The summed E-state index contributed by atoms with van der Waals surface area (Å²) in [6.45, 7) is 28.0. The Hall–Kier alpha value is -2.40. The second-order valence-electron chi connectivity index (χ2n) is 15.6. The molecule has 0 spiro atoms. The van der Waals surface area contributed by atoms with E-state index < -0.39 is 17.2 Å². The van der Waals surface area contributed by atoms with Gasteiger partial charge in [-0.3, -0.25) is 24.3 Å². The SMILES string of the molecule is CCN(C(C)C)C(C)C.C[C@@H](CC[C@H]1CN(C(=O)OC(C)(C)C)CS1)C(=O)O.C[C@@H](CC[C@H]1CN(C(=O)OC(C)(C)C)CS1)C(=O)OCC#N.N#CCBr. The first-order valence-corrected chi connectivity index (χ1v) is 21.8. The van der Waals surface area contributed by atoms with Crippen molar-refractivity contribution in [1.82, 2.24) is 14.7 Å². The van der Waals surface area contributed by atoms with Crippen LogP contribution in [-0.2, 0) is 23.8 Å². The number of halogens is 1. The standard InChI is InChI=1S/C15H24N2O4S.C13H23NO4S.C8H19N.C2H2BrN/c1-11(13(18)20-8-7-16)5-6-12-9-17(10-22-12)14(19)21-15(2,3)4;1-9(11(15)16)5-6-10-7-14(8-19-10)12(17)18-13(2,3)4;1-6-9(7(2)3)8(4)5;3-1-2-4/h11-12H,5-6,8-10H2,1-4H3;9-10H,5-8H2,1-4H3,(H,15,16);7-8H,6H2,1-5H3;1H2/t11-,12-;9-,10-;;/m00../s1. The van der Waals surface area contributed by atoms with E-state index in [-0.39, 0.29) is 36.6 Å². The van der Waals surface area contributed by atoms with E-state index in [1.165, 1.54) is 0 Å². The molecular weight excluding hydrogens is 798 g/mol. The van der Waals surface area contributed by atoms with E-state index in [0.29, 0.717) is 65.6 Å². The van der Waals surface area contributed by atoms with Crippen molar-refractivity contribution in [1.29, 1.82) is 10.5 Å². The number of amides is 2. The zero-order chi connectivity index (χ0) is 42.2. The molecule has 2 rings (SSSR count). The molecule has 2 aliphatic heterocycles. The van der Waals surface area contributed by atoms with Gasteiger partial charge in [-0.2, -0.15) is 10.5 Å². The summed E-state index contributed by atoms with van der Waals surface area (Å²) in [7, 11) is 0. The van der Waals surface area contributed by atoms with Crippen molar-refractivity contribution in [2.45, 2.75) is 149 Å². The van der Waals surface area contributed by atoms with E-state index in [1.54, 1.807) is 53.2 Å². The second kappa shape index (κ2) is 28.1. The van der Waals surface area contributed by atoms with Gasteiger partial charge in [-0.05, 0) is 101 Å². The fourth-order valence-corrected chi connectivity index (χ4v) is 7.41. The van der Waals surface area contributed by atoms with E-state index in [9.17, 15) is 19.2 Å². The molecule has 13 nitrogen and oxygen atoms in total. The number of carboxylic acid groups (broad SMARTS) is 1. The molecule has 0 saturated carbocycles. The number of carbonyl (C=O) groups is 4. The molecule has 16 heteroatoms. The summed E-state index contributed by atoms with van der Waals surface area (Å²) >= 11 is 6.27. The molecule has 4 atom stereocenters. The minimum Gasteiger partial charge on any atom is -0.481 e. The Bertz CT molecular complexity index is 1190. The van der Waals surface area contributed by atoms with Gasteiger partial charge in [0.15, 0.2) is 6.61 Å². The maximum atomic E-state index is 12.0. The zero-order valence-electron chi connectivity index (χ0n) is 35.0. The van der Waals surface area contributed by atoms with Gasteiger partial charge < -0.3 is 19.3 Å². The molecule has 312 valence electrons. The quantitative estimate of drug-likeness (QED) is 0.112. The molecule has 0 aromatic rings. The van der Waals surface area contributed by atoms with Crippen molar-refractivity contribution >= 4 is 63.6 Å². The number of alkyl halides is 1. The van der Waals surface area contributed by atoms with Crippen LogP contribution in [0, 0.1) is 34.5 Å². The summed E-state index contributed by atoms with van der Waals surface area (Å²) in [5.41, 5.74) is -0.962. The number of hydrogen-bond acceptors (Lipinski definition) is 12. The predicted octanol–water partition coefficient (Wildman–Crippen LogP) is 8.61. The summed E-state index contributed by atoms with van der Waals surface area (Å²) in [6, 6.07) is 5.01. The Labute approximate surface area is 342 Å². The smallest absolute Gasteiger partial charge is 0.411 e. The third-order valence-electron chi connectivity index (χ3n) is 7.78. The number of esters is 1. The number of ether oxygens (including phenoxy) is 3. The number of rotatable bonds is 12. The molecular formula is C38H68BrN5O8S2. The molecule has 0 radical (unpaired) electrons. The maximum absolute atomic E-state index is 12.0. The van der Waals surface area contributed by atoms with Crippen LogP contribution in [0.4, 0.5) is 9.59 Å². The average molecular weight is 867 g/mol. The van der Waals surface area contributed by atoms with Gasteiger partial charge >= 0.3 is 24.1 Å². The Morgan fingerprint density at radius 2 is 1.19 bits per heavy atom. The molecule has 2 fully saturated rings. The van der Waals surface area contributed by atoms with Crippen LogP contribution in [0.25, 0.3) is 0 Å². The van der Waals surface area contributed by atoms with Crippen LogP contribution in [0.1, 0.15) is 116 Å². The van der Waals surface area contributed by atoms with E-state index in [1.807, 2.05) is 47.6 Å². The summed E-state index contributed by atoms with van der Waals surface area (Å²) in [5, 5.41) is 25.8. The second-order valence-corrected chi connectivity index (χ2v) is 18.7. The molecule has 1 N–H and O–H groups in total. The number of thioether (sulfide) groups is 2.